The van der Waals surface area contributed by atoms with E-state index in [1.54, 1.807) is 6.92 Å². The topological polar surface area (TPSA) is 61.8 Å². The van der Waals surface area contributed by atoms with Crippen molar-refractivity contribution in [1.82, 2.24) is 10.2 Å². The van der Waals surface area contributed by atoms with Gasteiger partial charge in [0.1, 0.15) is 0 Å². The zero-order valence-corrected chi connectivity index (χ0v) is 15.1. The molecular formula is C18H34N2O3. The molecule has 5 nitrogen and oxygen atoms in total. The summed E-state index contributed by atoms with van der Waals surface area (Å²) in [4.78, 5) is 15.0. The van der Waals surface area contributed by atoms with Gasteiger partial charge in [-0.25, -0.2) is 0 Å². The zero-order chi connectivity index (χ0) is 16.9. The molecule has 2 fully saturated rings. The van der Waals surface area contributed by atoms with Gasteiger partial charge >= 0.3 is 0 Å². The summed E-state index contributed by atoms with van der Waals surface area (Å²) in [5.41, 5.74) is -0.0338. The number of hydrogen-bond donors (Lipinski definition) is 2. The van der Waals surface area contributed by atoms with Gasteiger partial charge in [-0.15, -0.1) is 0 Å². The normalized spacial score (nSPS) is 23.7. The highest BCUT2D eigenvalue weighted by atomic mass is 16.5. The van der Waals surface area contributed by atoms with Gasteiger partial charge in [0.15, 0.2) is 0 Å². The lowest BCUT2D eigenvalue weighted by Crippen LogP contribution is -2.54. The van der Waals surface area contributed by atoms with Crippen LogP contribution in [0.5, 0.6) is 0 Å². The van der Waals surface area contributed by atoms with Crippen molar-refractivity contribution in [3.8, 4) is 0 Å². The van der Waals surface area contributed by atoms with Crippen molar-refractivity contribution in [2.75, 3.05) is 32.8 Å². The molecule has 0 spiro atoms. The van der Waals surface area contributed by atoms with Gasteiger partial charge < -0.3 is 15.2 Å². The molecular weight excluding hydrogens is 292 g/mol. The minimum Gasteiger partial charge on any atom is -0.393 e. The third kappa shape index (κ3) is 5.44. The second-order valence-corrected chi connectivity index (χ2v) is 8.20. The number of aliphatic hydroxyl groups excluding tert-OH is 1. The van der Waals surface area contributed by atoms with Crippen LogP contribution < -0.4 is 5.32 Å². The first kappa shape index (κ1) is 18.7. The summed E-state index contributed by atoms with van der Waals surface area (Å²) < 4.78 is 5.47. The number of carbonyl (C=O) groups excluding carboxylic acids is 1. The van der Waals surface area contributed by atoms with Crippen LogP contribution in [0.15, 0.2) is 0 Å². The van der Waals surface area contributed by atoms with E-state index in [9.17, 15) is 9.90 Å². The maximum atomic E-state index is 12.5. The van der Waals surface area contributed by atoms with Crippen LogP contribution in [0.3, 0.4) is 0 Å². The maximum absolute atomic E-state index is 12.5. The summed E-state index contributed by atoms with van der Waals surface area (Å²) in [5, 5.41) is 12.7. The van der Waals surface area contributed by atoms with Crippen molar-refractivity contribution in [1.29, 1.82) is 0 Å². The fourth-order valence-electron chi connectivity index (χ4n) is 4.25. The third-order valence-electron chi connectivity index (χ3n) is 5.32. The standard InChI is InChI=1S/C18H34N2O3/c1-15(21)12-17(2,3)14-19-16(22)13-18(6-4-5-7-18)20-8-10-23-11-9-20/h15,21H,4-14H2,1-3H3,(H,19,22). The van der Waals surface area contributed by atoms with Gasteiger partial charge in [-0.2, -0.15) is 0 Å². The number of hydrogen-bond acceptors (Lipinski definition) is 4. The largest absolute Gasteiger partial charge is 0.393 e. The van der Waals surface area contributed by atoms with Crippen molar-refractivity contribution < 1.29 is 14.6 Å². The summed E-state index contributed by atoms with van der Waals surface area (Å²) >= 11 is 0. The van der Waals surface area contributed by atoms with Gasteiger partial charge in [-0.3, -0.25) is 9.69 Å². The molecule has 1 saturated carbocycles. The Morgan fingerprint density at radius 1 is 1.30 bits per heavy atom. The van der Waals surface area contributed by atoms with Crippen LogP contribution in [-0.2, 0) is 9.53 Å². The summed E-state index contributed by atoms with van der Waals surface area (Å²) in [6, 6.07) is 0. The van der Waals surface area contributed by atoms with Crippen molar-refractivity contribution in [2.45, 2.75) is 70.9 Å². The Morgan fingerprint density at radius 2 is 1.91 bits per heavy atom. The first-order chi connectivity index (χ1) is 10.8. The fourth-order valence-corrected chi connectivity index (χ4v) is 4.25. The molecule has 0 bridgehead atoms. The number of nitrogens with one attached hydrogen (secondary N) is 1. The maximum Gasteiger partial charge on any atom is 0.221 e. The van der Waals surface area contributed by atoms with Crippen LogP contribution in [0.4, 0.5) is 0 Å². The second kappa shape index (κ2) is 7.95. The van der Waals surface area contributed by atoms with E-state index in [1.165, 1.54) is 12.8 Å². The number of rotatable bonds is 7. The molecule has 2 N–H and O–H groups in total. The number of ether oxygens (including phenoxy) is 1. The molecule has 1 saturated heterocycles. The minimum absolute atomic E-state index is 0.0439. The first-order valence-electron chi connectivity index (χ1n) is 9.11. The molecule has 0 aromatic heterocycles. The van der Waals surface area contributed by atoms with Crippen LogP contribution >= 0.6 is 0 Å². The quantitative estimate of drug-likeness (QED) is 0.750. The van der Waals surface area contributed by atoms with Crippen molar-refractivity contribution in [3.05, 3.63) is 0 Å². The van der Waals surface area contributed by atoms with E-state index in [2.05, 4.69) is 24.1 Å². The van der Waals surface area contributed by atoms with Crippen molar-refractivity contribution in [2.24, 2.45) is 5.41 Å². The lowest BCUT2D eigenvalue weighted by molar-refractivity contribution is -0.126. The van der Waals surface area contributed by atoms with Crippen LogP contribution in [0.25, 0.3) is 0 Å². The predicted molar refractivity (Wildman–Crippen MR) is 91.3 cm³/mol. The molecule has 1 heterocycles. The Morgan fingerprint density at radius 3 is 2.48 bits per heavy atom. The van der Waals surface area contributed by atoms with Gasteiger partial charge in [0.25, 0.3) is 0 Å². The minimum atomic E-state index is -0.337. The lowest BCUT2D eigenvalue weighted by atomic mass is 9.86. The fraction of sp³-hybridized carbons (Fsp3) is 0.944. The van der Waals surface area contributed by atoms with Crippen LogP contribution in [0.1, 0.15) is 59.3 Å². The van der Waals surface area contributed by atoms with Gasteiger partial charge in [0.05, 0.1) is 19.3 Å². The highest BCUT2D eigenvalue weighted by molar-refractivity contribution is 5.77. The van der Waals surface area contributed by atoms with E-state index in [1.807, 2.05) is 0 Å². The molecule has 134 valence electrons. The molecule has 1 atom stereocenters. The average Bonchev–Trinajstić information content (AvgIpc) is 2.95. The number of carbonyl (C=O) groups is 1. The third-order valence-corrected chi connectivity index (χ3v) is 5.32. The Balaban J connectivity index is 1.88. The molecule has 0 aromatic carbocycles. The van der Waals surface area contributed by atoms with E-state index in [4.69, 9.17) is 4.74 Å². The Hall–Kier alpha value is -0.650. The predicted octanol–water partition coefficient (Wildman–Crippen LogP) is 1.93. The molecule has 1 aliphatic carbocycles. The molecule has 1 aliphatic heterocycles. The Bertz CT molecular complexity index is 384. The van der Waals surface area contributed by atoms with E-state index < -0.39 is 0 Å². The number of nitrogens with zero attached hydrogens (tertiary/aromatic N) is 1. The molecule has 1 amide bonds. The SMILES string of the molecule is CC(O)CC(C)(C)CNC(=O)CC1(N2CCOCC2)CCCC1. The Kier molecular flexibility index (Phi) is 6.46. The Labute approximate surface area is 140 Å². The zero-order valence-electron chi connectivity index (χ0n) is 15.1. The number of aliphatic hydroxyl groups is 1. The summed E-state index contributed by atoms with van der Waals surface area (Å²) in [7, 11) is 0. The van der Waals surface area contributed by atoms with E-state index in [0.717, 1.165) is 39.1 Å². The van der Waals surface area contributed by atoms with Gasteiger partial charge in [0.2, 0.25) is 5.91 Å². The van der Waals surface area contributed by atoms with Gasteiger partial charge in [-0.05, 0) is 31.6 Å². The number of morpholine rings is 1. The van der Waals surface area contributed by atoms with Gasteiger partial charge in [0, 0.05) is 31.6 Å². The van der Waals surface area contributed by atoms with Crippen LogP contribution in [0.2, 0.25) is 0 Å². The van der Waals surface area contributed by atoms with Crippen molar-refractivity contribution in [3.63, 3.8) is 0 Å². The smallest absolute Gasteiger partial charge is 0.221 e. The van der Waals surface area contributed by atoms with E-state index >= 15 is 0 Å². The van der Waals surface area contributed by atoms with Crippen LogP contribution in [-0.4, -0.2) is 60.4 Å². The first-order valence-corrected chi connectivity index (χ1v) is 9.11. The van der Waals surface area contributed by atoms with E-state index in [-0.39, 0.29) is 23.0 Å². The summed E-state index contributed by atoms with van der Waals surface area (Å²) in [5.74, 6) is 0.150. The second-order valence-electron chi connectivity index (χ2n) is 8.20. The molecule has 5 heteroatoms. The highest BCUT2D eigenvalue weighted by Crippen LogP contribution is 2.38. The summed E-state index contributed by atoms with van der Waals surface area (Å²) in [6.07, 6.45) is 5.64. The van der Waals surface area contributed by atoms with Crippen molar-refractivity contribution >= 4 is 5.91 Å². The lowest BCUT2D eigenvalue weighted by Gasteiger charge is -2.43. The van der Waals surface area contributed by atoms with Crippen LogP contribution in [0, 0.1) is 5.41 Å². The molecule has 23 heavy (non-hydrogen) atoms. The number of amides is 1. The molecule has 0 aromatic rings. The highest BCUT2D eigenvalue weighted by Gasteiger charge is 2.41. The molecule has 0 radical (unpaired) electrons. The molecule has 2 rings (SSSR count). The van der Waals surface area contributed by atoms with E-state index in [0.29, 0.717) is 19.4 Å². The average molecular weight is 326 g/mol. The van der Waals surface area contributed by atoms with Gasteiger partial charge in [-0.1, -0.05) is 26.7 Å². The monoisotopic (exact) mass is 326 g/mol. The summed E-state index contributed by atoms with van der Waals surface area (Å²) in [6.45, 7) is 10.1. The molecule has 1 unspecified atom stereocenters. The molecule has 2 aliphatic rings.